The fraction of sp³-hybridized carbons (Fsp3) is 0.692. The second-order valence-electron chi connectivity index (χ2n) is 4.75. The predicted octanol–water partition coefficient (Wildman–Crippen LogP) is 1.64. The van der Waals surface area contributed by atoms with Gasteiger partial charge in [-0.25, -0.2) is 0 Å². The van der Waals surface area contributed by atoms with E-state index in [1.54, 1.807) is 0 Å². The minimum absolute atomic E-state index is 0.314. The first-order chi connectivity index (χ1) is 8.33. The van der Waals surface area contributed by atoms with Crippen LogP contribution in [0.25, 0.3) is 0 Å². The minimum atomic E-state index is 0.314. The number of aryl methyl sites for hydroxylation is 1. The van der Waals surface area contributed by atoms with E-state index in [4.69, 9.17) is 5.11 Å². The number of hydrogen-bond acceptors (Lipinski definition) is 4. The van der Waals surface area contributed by atoms with Gasteiger partial charge in [-0.05, 0) is 37.3 Å². The highest BCUT2D eigenvalue weighted by molar-refractivity contribution is 5.37. The number of hydrogen-bond donors (Lipinski definition) is 1. The van der Waals surface area contributed by atoms with Gasteiger partial charge in [0.2, 0.25) is 0 Å². The summed E-state index contributed by atoms with van der Waals surface area (Å²) in [5.74, 6) is 1.44. The number of piperidine rings is 1. The van der Waals surface area contributed by atoms with Crippen LogP contribution in [-0.2, 0) is 6.42 Å². The number of aliphatic hydroxyl groups is 1. The van der Waals surface area contributed by atoms with Crippen molar-refractivity contribution < 1.29 is 5.11 Å². The highest BCUT2D eigenvalue weighted by atomic mass is 16.3. The number of anilines is 1. The van der Waals surface area contributed by atoms with Crippen molar-refractivity contribution in [2.75, 3.05) is 24.6 Å². The highest BCUT2D eigenvalue weighted by Gasteiger charge is 2.19. The smallest absolute Gasteiger partial charge is 0.151 e. The van der Waals surface area contributed by atoms with Gasteiger partial charge in [-0.15, -0.1) is 5.10 Å². The third kappa shape index (κ3) is 3.16. The van der Waals surface area contributed by atoms with E-state index in [2.05, 4.69) is 34.2 Å². The first kappa shape index (κ1) is 12.3. The van der Waals surface area contributed by atoms with E-state index < -0.39 is 0 Å². The largest absolute Gasteiger partial charge is 0.396 e. The van der Waals surface area contributed by atoms with Crippen LogP contribution in [0.5, 0.6) is 0 Å². The zero-order chi connectivity index (χ0) is 12.1. The summed E-state index contributed by atoms with van der Waals surface area (Å²) in [6.07, 6.45) is 4.21. The summed E-state index contributed by atoms with van der Waals surface area (Å²) in [6.45, 7) is 4.42. The van der Waals surface area contributed by atoms with Crippen molar-refractivity contribution in [2.45, 2.75) is 32.6 Å². The summed E-state index contributed by atoms with van der Waals surface area (Å²) in [5, 5.41) is 17.6. The van der Waals surface area contributed by atoms with E-state index in [0.717, 1.165) is 50.3 Å². The van der Waals surface area contributed by atoms with Crippen LogP contribution >= 0.6 is 0 Å². The Hall–Kier alpha value is -1.16. The first-order valence-electron chi connectivity index (χ1n) is 6.52. The maximum absolute atomic E-state index is 9.10. The van der Waals surface area contributed by atoms with Crippen molar-refractivity contribution in [3.05, 3.63) is 17.8 Å². The molecule has 0 aliphatic carbocycles. The zero-order valence-electron chi connectivity index (χ0n) is 10.5. The molecule has 2 heterocycles. The van der Waals surface area contributed by atoms with Gasteiger partial charge in [-0.1, -0.05) is 13.3 Å². The third-order valence-electron chi connectivity index (χ3n) is 3.41. The molecular weight excluding hydrogens is 214 g/mol. The number of aliphatic hydroxyl groups excluding tert-OH is 1. The highest BCUT2D eigenvalue weighted by Crippen LogP contribution is 2.20. The van der Waals surface area contributed by atoms with Crippen LogP contribution in [0.3, 0.4) is 0 Å². The summed E-state index contributed by atoms with van der Waals surface area (Å²) in [7, 11) is 0. The molecule has 0 amide bonds. The molecule has 1 fully saturated rings. The molecule has 0 saturated carbocycles. The van der Waals surface area contributed by atoms with Gasteiger partial charge in [-0.3, -0.25) is 0 Å². The van der Waals surface area contributed by atoms with Gasteiger partial charge < -0.3 is 10.0 Å². The Morgan fingerprint density at radius 1 is 1.29 bits per heavy atom. The van der Waals surface area contributed by atoms with Crippen LogP contribution in [0.2, 0.25) is 0 Å². The Kier molecular flexibility index (Phi) is 4.31. The van der Waals surface area contributed by atoms with Crippen LogP contribution in [0.1, 0.15) is 31.9 Å². The van der Waals surface area contributed by atoms with Crippen molar-refractivity contribution in [3.8, 4) is 0 Å². The standard InChI is InChI=1S/C13H21N3O/c1-2-3-12-4-5-13(15-14-12)16-8-6-11(10-17)7-9-16/h4-5,11,17H,2-3,6-10H2,1H3. The lowest BCUT2D eigenvalue weighted by molar-refractivity contribution is 0.202. The fourth-order valence-corrected chi connectivity index (χ4v) is 2.26. The summed E-state index contributed by atoms with van der Waals surface area (Å²) >= 11 is 0. The molecule has 94 valence electrons. The quantitative estimate of drug-likeness (QED) is 0.862. The Morgan fingerprint density at radius 3 is 2.59 bits per heavy atom. The van der Waals surface area contributed by atoms with Gasteiger partial charge in [0, 0.05) is 19.7 Å². The van der Waals surface area contributed by atoms with Crippen LogP contribution in [0, 0.1) is 5.92 Å². The molecule has 0 atom stereocenters. The van der Waals surface area contributed by atoms with Crippen molar-refractivity contribution in [1.29, 1.82) is 0 Å². The topological polar surface area (TPSA) is 49.2 Å². The molecule has 1 aromatic rings. The molecule has 1 saturated heterocycles. The van der Waals surface area contributed by atoms with Gasteiger partial charge in [0.15, 0.2) is 5.82 Å². The average Bonchev–Trinajstić information content (AvgIpc) is 2.40. The van der Waals surface area contributed by atoms with Crippen molar-refractivity contribution >= 4 is 5.82 Å². The van der Waals surface area contributed by atoms with E-state index in [-0.39, 0.29) is 0 Å². The SMILES string of the molecule is CCCc1ccc(N2CCC(CO)CC2)nn1. The molecular formula is C13H21N3O. The van der Waals surface area contributed by atoms with E-state index in [0.29, 0.717) is 12.5 Å². The Labute approximate surface area is 103 Å². The Balaban J connectivity index is 1.94. The molecule has 1 aliphatic heterocycles. The maximum Gasteiger partial charge on any atom is 0.151 e. The van der Waals surface area contributed by atoms with Crippen molar-refractivity contribution in [2.24, 2.45) is 5.92 Å². The molecule has 0 bridgehead atoms. The zero-order valence-corrected chi connectivity index (χ0v) is 10.5. The molecule has 4 nitrogen and oxygen atoms in total. The van der Waals surface area contributed by atoms with E-state index in [9.17, 15) is 0 Å². The van der Waals surface area contributed by atoms with Crippen molar-refractivity contribution in [3.63, 3.8) is 0 Å². The predicted molar refractivity (Wildman–Crippen MR) is 68.0 cm³/mol. The van der Waals surface area contributed by atoms with Crippen LogP contribution in [-0.4, -0.2) is 35.0 Å². The van der Waals surface area contributed by atoms with E-state index >= 15 is 0 Å². The van der Waals surface area contributed by atoms with Gasteiger partial charge in [0.05, 0.1) is 5.69 Å². The molecule has 17 heavy (non-hydrogen) atoms. The van der Waals surface area contributed by atoms with Gasteiger partial charge in [0.25, 0.3) is 0 Å². The normalized spacial score (nSPS) is 17.4. The molecule has 1 aromatic heterocycles. The van der Waals surface area contributed by atoms with Crippen LogP contribution < -0.4 is 4.90 Å². The molecule has 4 heteroatoms. The summed E-state index contributed by atoms with van der Waals surface area (Å²) in [6, 6.07) is 4.14. The Morgan fingerprint density at radius 2 is 2.06 bits per heavy atom. The molecule has 1 N–H and O–H groups in total. The fourth-order valence-electron chi connectivity index (χ4n) is 2.26. The Bertz CT molecular complexity index is 331. The molecule has 0 aromatic carbocycles. The second kappa shape index (κ2) is 5.96. The van der Waals surface area contributed by atoms with E-state index in [1.807, 2.05) is 0 Å². The minimum Gasteiger partial charge on any atom is -0.396 e. The lowest BCUT2D eigenvalue weighted by Crippen LogP contribution is -2.35. The number of rotatable bonds is 4. The second-order valence-corrected chi connectivity index (χ2v) is 4.75. The lowest BCUT2D eigenvalue weighted by Gasteiger charge is -2.31. The van der Waals surface area contributed by atoms with Gasteiger partial charge >= 0.3 is 0 Å². The molecule has 0 radical (unpaired) electrons. The number of nitrogens with zero attached hydrogens (tertiary/aromatic N) is 3. The lowest BCUT2D eigenvalue weighted by atomic mass is 9.98. The molecule has 2 rings (SSSR count). The monoisotopic (exact) mass is 235 g/mol. The molecule has 0 unspecified atom stereocenters. The number of aromatic nitrogens is 2. The summed E-state index contributed by atoms with van der Waals surface area (Å²) in [5.41, 5.74) is 1.07. The molecule has 0 spiro atoms. The third-order valence-corrected chi connectivity index (χ3v) is 3.41. The first-order valence-corrected chi connectivity index (χ1v) is 6.52. The van der Waals surface area contributed by atoms with Gasteiger partial charge in [0.1, 0.15) is 0 Å². The average molecular weight is 235 g/mol. The van der Waals surface area contributed by atoms with Crippen LogP contribution in [0.4, 0.5) is 5.82 Å². The molecule has 1 aliphatic rings. The van der Waals surface area contributed by atoms with Crippen LogP contribution in [0.15, 0.2) is 12.1 Å². The summed E-state index contributed by atoms with van der Waals surface area (Å²) < 4.78 is 0. The van der Waals surface area contributed by atoms with E-state index in [1.165, 1.54) is 0 Å². The maximum atomic E-state index is 9.10. The summed E-state index contributed by atoms with van der Waals surface area (Å²) in [4.78, 5) is 2.26. The van der Waals surface area contributed by atoms with Crippen molar-refractivity contribution in [1.82, 2.24) is 10.2 Å². The van der Waals surface area contributed by atoms with Gasteiger partial charge in [-0.2, -0.15) is 5.10 Å².